The highest BCUT2D eigenvalue weighted by Crippen LogP contribution is 2.39. The van der Waals surface area contributed by atoms with E-state index in [0.29, 0.717) is 28.8 Å². The van der Waals surface area contributed by atoms with Crippen LogP contribution in [-0.4, -0.2) is 51.3 Å². The van der Waals surface area contributed by atoms with Gasteiger partial charge in [0.15, 0.2) is 23.0 Å². The number of rotatable bonds is 9. The number of esters is 1. The van der Waals surface area contributed by atoms with Gasteiger partial charge in [-0.3, -0.25) is 4.68 Å². The molecule has 0 saturated heterocycles. The van der Waals surface area contributed by atoms with Crippen LogP contribution < -0.4 is 18.9 Å². The van der Waals surface area contributed by atoms with E-state index < -0.39 is 5.97 Å². The van der Waals surface area contributed by atoms with Gasteiger partial charge in [0.1, 0.15) is 5.76 Å². The topological polar surface area (TPSA) is 94.2 Å². The summed E-state index contributed by atoms with van der Waals surface area (Å²) >= 11 is 0. The van der Waals surface area contributed by atoms with Gasteiger partial charge in [0.05, 0.1) is 53.5 Å². The lowest BCUT2D eigenvalue weighted by Gasteiger charge is -2.12. The maximum Gasteiger partial charge on any atom is 0.373 e. The number of furan rings is 1. The molecule has 188 valence electrons. The zero-order chi connectivity index (χ0) is 25.8. The average Bonchev–Trinajstić information content (AvgIpc) is 3.51. The zero-order valence-electron chi connectivity index (χ0n) is 21.1. The molecule has 4 aromatic rings. The minimum absolute atomic E-state index is 0.129. The maximum atomic E-state index is 11.9. The SMILES string of the molecule is COC(=O)c1ccc(Cn2nc(-c3ccc(OC)c(OC)c3)c(C)c2-c2ccc(OC)c(OC)c2)o1. The fraction of sp³-hybridized carbons (Fsp3) is 0.259. The molecule has 0 amide bonds. The molecule has 0 unspecified atom stereocenters. The van der Waals surface area contributed by atoms with Crippen molar-refractivity contribution >= 4 is 5.97 Å². The number of benzene rings is 2. The summed E-state index contributed by atoms with van der Waals surface area (Å²) in [6.07, 6.45) is 0. The number of methoxy groups -OCH3 is 5. The van der Waals surface area contributed by atoms with Crippen LogP contribution in [0.1, 0.15) is 21.9 Å². The first-order chi connectivity index (χ1) is 17.4. The molecule has 36 heavy (non-hydrogen) atoms. The normalized spacial score (nSPS) is 10.7. The summed E-state index contributed by atoms with van der Waals surface area (Å²) in [6.45, 7) is 2.29. The van der Waals surface area contributed by atoms with Gasteiger partial charge in [-0.05, 0) is 55.5 Å². The van der Waals surface area contributed by atoms with E-state index in [4.69, 9.17) is 33.2 Å². The Hall–Kier alpha value is -4.40. The summed E-state index contributed by atoms with van der Waals surface area (Å²) in [5, 5.41) is 4.93. The van der Waals surface area contributed by atoms with Crippen molar-refractivity contribution in [3.63, 3.8) is 0 Å². The van der Waals surface area contributed by atoms with Crippen LogP contribution in [-0.2, 0) is 11.3 Å². The predicted octanol–water partition coefficient (Wildman–Crippen LogP) is 4.99. The molecule has 0 fully saturated rings. The summed E-state index contributed by atoms with van der Waals surface area (Å²) in [5.41, 5.74) is 4.30. The Morgan fingerprint density at radius 2 is 1.39 bits per heavy atom. The first-order valence-electron chi connectivity index (χ1n) is 11.1. The van der Waals surface area contributed by atoms with E-state index in [9.17, 15) is 4.79 Å². The van der Waals surface area contributed by atoms with E-state index in [0.717, 1.165) is 28.1 Å². The largest absolute Gasteiger partial charge is 0.493 e. The van der Waals surface area contributed by atoms with Crippen molar-refractivity contribution in [2.75, 3.05) is 35.5 Å². The van der Waals surface area contributed by atoms with Gasteiger partial charge in [0, 0.05) is 16.7 Å². The van der Waals surface area contributed by atoms with Crippen LogP contribution in [0.3, 0.4) is 0 Å². The van der Waals surface area contributed by atoms with Gasteiger partial charge in [-0.25, -0.2) is 4.79 Å². The van der Waals surface area contributed by atoms with Crippen LogP contribution in [0.5, 0.6) is 23.0 Å². The highest BCUT2D eigenvalue weighted by molar-refractivity contribution is 5.86. The first-order valence-corrected chi connectivity index (χ1v) is 11.1. The Labute approximate surface area is 209 Å². The molecule has 4 rings (SSSR count). The first kappa shape index (κ1) is 24.7. The third kappa shape index (κ3) is 4.59. The molecule has 0 atom stereocenters. The summed E-state index contributed by atoms with van der Waals surface area (Å²) in [4.78, 5) is 11.9. The standard InChI is InChI=1S/C27H28N2O7/c1-16-25(17-7-10-20(31-2)23(13-17)33-4)28-29(15-19-9-12-22(36-19)27(30)35-6)26(16)18-8-11-21(32-3)24(14-18)34-5/h7-14H,15H2,1-6H3. The molecule has 2 heterocycles. The summed E-state index contributed by atoms with van der Waals surface area (Å²) in [5.74, 6) is 2.60. The van der Waals surface area contributed by atoms with Crippen LogP contribution in [0.4, 0.5) is 0 Å². The van der Waals surface area contributed by atoms with E-state index >= 15 is 0 Å². The van der Waals surface area contributed by atoms with E-state index in [1.165, 1.54) is 7.11 Å². The highest BCUT2D eigenvalue weighted by atomic mass is 16.5. The predicted molar refractivity (Wildman–Crippen MR) is 133 cm³/mol. The maximum absolute atomic E-state index is 11.9. The van der Waals surface area contributed by atoms with Gasteiger partial charge in [0.25, 0.3) is 0 Å². The van der Waals surface area contributed by atoms with Crippen molar-refractivity contribution in [1.29, 1.82) is 0 Å². The second-order valence-electron chi connectivity index (χ2n) is 7.88. The van der Waals surface area contributed by atoms with E-state index in [-0.39, 0.29) is 12.3 Å². The Morgan fingerprint density at radius 1 is 0.806 bits per heavy atom. The van der Waals surface area contributed by atoms with Gasteiger partial charge < -0.3 is 28.1 Å². The van der Waals surface area contributed by atoms with Crippen molar-refractivity contribution in [3.05, 3.63) is 65.6 Å². The van der Waals surface area contributed by atoms with Crippen LogP contribution in [0.25, 0.3) is 22.5 Å². The molecule has 0 radical (unpaired) electrons. The van der Waals surface area contributed by atoms with Gasteiger partial charge in [-0.15, -0.1) is 0 Å². The molecule has 0 aliphatic heterocycles. The van der Waals surface area contributed by atoms with Gasteiger partial charge in [-0.2, -0.15) is 5.10 Å². The van der Waals surface area contributed by atoms with Crippen LogP contribution in [0.15, 0.2) is 52.9 Å². The number of carbonyl (C=O) groups excluding carboxylic acids is 1. The molecule has 0 bridgehead atoms. The lowest BCUT2D eigenvalue weighted by Crippen LogP contribution is -2.04. The van der Waals surface area contributed by atoms with Crippen molar-refractivity contribution in [3.8, 4) is 45.5 Å². The van der Waals surface area contributed by atoms with Crippen molar-refractivity contribution in [2.24, 2.45) is 0 Å². The Balaban J connectivity index is 1.86. The third-order valence-electron chi connectivity index (χ3n) is 5.86. The highest BCUT2D eigenvalue weighted by Gasteiger charge is 2.21. The fourth-order valence-corrected chi connectivity index (χ4v) is 4.09. The van der Waals surface area contributed by atoms with Gasteiger partial charge >= 0.3 is 5.97 Å². The second-order valence-corrected chi connectivity index (χ2v) is 7.88. The van der Waals surface area contributed by atoms with E-state index in [1.54, 1.807) is 40.6 Å². The summed E-state index contributed by atoms with van der Waals surface area (Å²) < 4.78 is 34.1. The number of hydrogen-bond donors (Lipinski definition) is 0. The Bertz CT molecular complexity index is 1390. The molecule has 0 N–H and O–H groups in total. The molecule has 9 nitrogen and oxygen atoms in total. The van der Waals surface area contributed by atoms with Crippen LogP contribution in [0.2, 0.25) is 0 Å². The molecule has 0 aliphatic carbocycles. The van der Waals surface area contributed by atoms with Gasteiger partial charge in [0.2, 0.25) is 5.76 Å². The molecular weight excluding hydrogens is 464 g/mol. The summed E-state index contributed by atoms with van der Waals surface area (Å²) in [7, 11) is 7.69. The smallest absolute Gasteiger partial charge is 0.373 e. The van der Waals surface area contributed by atoms with Crippen LogP contribution >= 0.6 is 0 Å². The zero-order valence-corrected chi connectivity index (χ0v) is 21.1. The molecule has 2 aromatic heterocycles. The Morgan fingerprint density at radius 3 is 1.97 bits per heavy atom. The number of aromatic nitrogens is 2. The molecule has 2 aromatic carbocycles. The summed E-state index contributed by atoms with van der Waals surface area (Å²) in [6, 6.07) is 14.7. The van der Waals surface area contributed by atoms with E-state index in [2.05, 4.69) is 0 Å². The molecule has 0 saturated carbocycles. The number of nitrogens with zero attached hydrogens (tertiary/aromatic N) is 2. The monoisotopic (exact) mass is 492 g/mol. The second kappa shape index (κ2) is 10.5. The number of ether oxygens (including phenoxy) is 5. The van der Waals surface area contributed by atoms with Gasteiger partial charge in [-0.1, -0.05) is 0 Å². The van der Waals surface area contributed by atoms with Crippen LogP contribution in [0, 0.1) is 6.92 Å². The Kier molecular flexibility index (Phi) is 7.19. The minimum Gasteiger partial charge on any atom is -0.493 e. The molecule has 0 aliphatic rings. The van der Waals surface area contributed by atoms with Crippen molar-refractivity contribution < 1.29 is 32.9 Å². The van der Waals surface area contributed by atoms with E-state index in [1.807, 2.05) is 48.0 Å². The molecule has 9 heteroatoms. The quantitative estimate of drug-likeness (QED) is 0.302. The van der Waals surface area contributed by atoms with Crippen molar-refractivity contribution in [2.45, 2.75) is 13.5 Å². The lowest BCUT2D eigenvalue weighted by atomic mass is 10.0. The molecule has 0 spiro atoms. The number of hydrogen-bond acceptors (Lipinski definition) is 8. The minimum atomic E-state index is -0.538. The average molecular weight is 493 g/mol. The molecular formula is C27H28N2O7. The lowest BCUT2D eigenvalue weighted by molar-refractivity contribution is 0.0562. The van der Waals surface area contributed by atoms with Crippen molar-refractivity contribution in [1.82, 2.24) is 9.78 Å². The number of carbonyl (C=O) groups is 1. The fourth-order valence-electron chi connectivity index (χ4n) is 4.09. The third-order valence-corrected chi connectivity index (χ3v) is 5.86.